The van der Waals surface area contributed by atoms with E-state index in [0.29, 0.717) is 12.6 Å². The zero-order valence-electron chi connectivity index (χ0n) is 12.8. The molecule has 3 nitrogen and oxygen atoms in total. The summed E-state index contributed by atoms with van der Waals surface area (Å²) in [7, 11) is 0. The molecule has 3 heteroatoms. The van der Waals surface area contributed by atoms with Crippen molar-refractivity contribution in [3.8, 4) is 5.75 Å². The minimum Gasteiger partial charge on any atom is -0.493 e. The Bertz CT molecular complexity index is 476. The van der Waals surface area contributed by atoms with E-state index in [1.165, 1.54) is 19.3 Å². The van der Waals surface area contributed by atoms with Crippen LogP contribution in [-0.2, 0) is 4.79 Å². The third kappa shape index (κ3) is 5.25. The molecule has 2 rings (SSSR count). The molecule has 0 aliphatic heterocycles. The molecular weight excluding hydrogens is 262 g/mol. The number of benzene rings is 1. The van der Waals surface area contributed by atoms with Crippen LogP contribution in [0.5, 0.6) is 5.75 Å². The maximum Gasteiger partial charge on any atom is 0.244 e. The third-order valence-electron chi connectivity index (χ3n) is 3.75. The summed E-state index contributed by atoms with van der Waals surface area (Å²) in [5, 5.41) is 3.09. The van der Waals surface area contributed by atoms with Gasteiger partial charge in [0.05, 0.1) is 6.61 Å². The second-order valence-corrected chi connectivity index (χ2v) is 5.56. The van der Waals surface area contributed by atoms with Crippen molar-refractivity contribution in [1.82, 2.24) is 5.32 Å². The standard InChI is InChI=1S/C18H25NO2/c1-2-14-21-17-11-7-6-8-15(17)12-13-18(20)19-16-9-4-3-5-10-16/h6-8,11-13,16H,2-5,9-10,14H2,1H3,(H,19,20)/b13-12+. The first kappa shape index (κ1) is 15.6. The second-order valence-electron chi connectivity index (χ2n) is 5.56. The molecule has 1 N–H and O–H groups in total. The summed E-state index contributed by atoms with van der Waals surface area (Å²) in [6, 6.07) is 8.16. The van der Waals surface area contributed by atoms with Crippen molar-refractivity contribution in [2.45, 2.75) is 51.5 Å². The van der Waals surface area contributed by atoms with Crippen LogP contribution in [0.4, 0.5) is 0 Å². The number of nitrogens with one attached hydrogen (secondary N) is 1. The first-order chi connectivity index (χ1) is 10.3. The third-order valence-corrected chi connectivity index (χ3v) is 3.75. The zero-order chi connectivity index (χ0) is 14.9. The highest BCUT2D eigenvalue weighted by molar-refractivity contribution is 5.92. The Hall–Kier alpha value is -1.77. The van der Waals surface area contributed by atoms with Crippen molar-refractivity contribution in [2.75, 3.05) is 6.61 Å². The van der Waals surface area contributed by atoms with Gasteiger partial charge in [0.2, 0.25) is 5.91 Å². The molecule has 21 heavy (non-hydrogen) atoms. The van der Waals surface area contributed by atoms with E-state index < -0.39 is 0 Å². The van der Waals surface area contributed by atoms with Crippen molar-refractivity contribution >= 4 is 12.0 Å². The lowest BCUT2D eigenvalue weighted by molar-refractivity contribution is -0.117. The number of carbonyl (C=O) groups excluding carboxylic acids is 1. The first-order valence-electron chi connectivity index (χ1n) is 8.00. The van der Waals surface area contributed by atoms with Gasteiger partial charge in [-0.05, 0) is 31.4 Å². The van der Waals surface area contributed by atoms with Crippen LogP contribution in [0.1, 0.15) is 51.0 Å². The molecule has 1 fully saturated rings. The van der Waals surface area contributed by atoms with Gasteiger partial charge in [0, 0.05) is 17.7 Å². The Labute approximate surface area is 127 Å². The predicted octanol–water partition coefficient (Wildman–Crippen LogP) is 3.94. The molecule has 0 aromatic heterocycles. The number of ether oxygens (including phenoxy) is 1. The summed E-state index contributed by atoms with van der Waals surface area (Å²) in [4.78, 5) is 12.0. The average Bonchev–Trinajstić information content (AvgIpc) is 2.52. The fourth-order valence-corrected chi connectivity index (χ4v) is 2.62. The maximum absolute atomic E-state index is 12.0. The summed E-state index contributed by atoms with van der Waals surface area (Å²) in [5.74, 6) is 0.827. The number of hydrogen-bond donors (Lipinski definition) is 1. The molecule has 0 spiro atoms. The van der Waals surface area contributed by atoms with Gasteiger partial charge in [0.25, 0.3) is 0 Å². The molecule has 0 atom stereocenters. The van der Waals surface area contributed by atoms with Gasteiger partial charge in [0.1, 0.15) is 5.75 Å². The molecule has 1 aliphatic rings. The lowest BCUT2D eigenvalue weighted by Crippen LogP contribution is -2.34. The van der Waals surface area contributed by atoms with Gasteiger partial charge in [-0.25, -0.2) is 0 Å². The van der Waals surface area contributed by atoms with Crippen LogP contribution in [0, 0.1) is 0 Å². The Balaban J connectivity index is 1.91. The van der Waals surface area contributed by atoms with Gasteiger partial charge in [-0.2, -0.15) is 0 Å². The molecule has 0 bridgehead atoms. The lowest BCUT2D eigenvalue weighted by atomic mass is 9.95. The van der Waals surface area contributed by atoms with E-state index in [9.17, 15) is 4.79 Å². The summed E-state index contributed by atoms with van der Waals surface area (Å²) >= 11 is 0. The molecule has 1 saturated carbocycles. The van der Waals surface area contributed by atoms with Gasteiger partial charge in [-0.15, -0.1) is 0 Å². The SMILES string of the molecule is CCCOc1ccccc1/C=C/C(=O)NC1CCCCC1. The maximum atomic E-state index is 12.0. The van der Waals surface area contributed by atoms with E-state index in [-0.39, 0.29) is 5.91 Å². The van der Waals surface area contributed by atoms with Gasteiger partial charge in [0.15, 0.2) is 0 Å². The Morgan fingerprint density at radius 2 is 2.05 bits per heavy atom. The van der Waals surface area contributed by atoms with Crippen molar-refractivity contribution in [2.24, 2.45) is 0 Å². The van der Waals surface area contributed by atoms with Gasteiger partial charge in [-0.3, -0.25) is 4.79 Å². The molecule has 114 valence electrons. The minimum atomic E-state index is -0.00723. The summed E-state index contributed by atoms with van der Waals surface area (Å²) in [5.41, 5.74) is 0.949. The molecular formula is C18H25NO2. The van der Waals surface area contributed by atoms with E-state index in [4.69, 9.17) is 4.74 Å². The quantitative estimate of drug-likeness (QED) is 0.805. The molecule has 1 aliphatic carbocycles. The van der Waals surface area contributed by atoms with E-state index in [0.717, 1.165) is 30.6 Å². The topological polar surface area (TPSA) is 38.3 Å². The largest absolute Gasteiger partial charge is 0.493 e. The molecule has 0 radical (unpaired) electrons. The lowest BCUT2D eigenvalue weighted by Gasteiger charge is -2.21. The highest BCUT2D eigenvalue weighted by Gasteiger charge is 2.14. The van der Waals surface area contributed by atoms with E-state index in [2.05, 4.69) is 12.2 Å². The van der Waals surface area contributed by atoms with Crippen molar-refractivity contribution in [3.05, 3.63) is 35.9 Å². The van der Waals surface area contributed by atoms with E-state index >= 15 is 0 Å². The van der Waals surface area contributed by atoms with Crippen LogP contribution in [0.15, 0.2) is 30.3 Å². The number of carbonyl (C=O) groups is 1. The Morgan fingerprint density at radius 1 is 1.29 bits per heavy atom. The van der Waals surface area contributed by atoms with Crippen LogP contribution >= 0.6 is 0 Å². The normalized spacial score (nSPS) is 16.0. The minimum absolute atomic E-state index is 0.00723. The van der Waals surface area contributed by atoms with E-state index in [1.807, 2.05) is 30.3 Å². The summed E-state index contributed by atoms with van der Waals surface area (Å²) in [6.07, 6.45) is 10.4. The highest BCUT2D eigenvalue weighted by atomic mass is 16.5. The smallest absolute Gasteiger partial charge is 0.244 e. The fraction of sp³-hybridized carbons (Fsp3) is 0.500. The van der Waals surface area contributed by atoms with Crippen LogP contribution < -0.4 is 10.1 Å². The van der Waals surface area contributed by atoms with Crippen LogP contribution in [0.3, 0.4) is 0 Å². The monoisotopic (exact) mass is 287 g/mol. The average molecular weight is 287 g/mol. The van der Waals surface area contributed by atoms with Crippen LogP contribution in [-0.4, -0.2) is 18.6 Å². The molecule has 1 amide bonds. The van der Waals surface area contributed by atoms with Crippen LogP contribution in [0.2, 0.25) is 0 Å². The molecule has 1 aromatic rings. The number of amides is 1. The summed E-state index contributed by atoms with van der Waals surface area (Å²) < 4.78 is 5.69. The van der Waals surface area contributed by atoms with Crippen molar-refractivity contribution < 1.29 is 9.53 Å². The first-order valence-corrected chi connectivity index (χ1v) is 8.00. The van der Waals surface area contributed by atoms with Gasteiger partial charge >= 0.3 is 0 Å². The summed E-state index contributed by atoms with van der Waals surface area (Å²) in [6.45, 7) is 2.77. The highest BCUT2D eigenvalue weighted by Crippen LogP contribution is 2.20. The molecule has 0 saturated heterocycles. The zero-order valence-corrected chi connectivity index (χ0v) is 12.8. The predicted molar refractivity (Wildman–Crippen MR) is 86.3 cm³/mol. The fourth-order valence-electron chi connectivity index (χ4n) is 2.62. The van der Waals surface area contributed by atoms with Gasteiger partial charge in [-0.1, -0.05) is 44.4 Å². The Kier molecular flexibility index (Phi) is 6.32. The number of para-hydroxylation sites is 1. The second kappa shape index (κ2) is 8.50. The molecule has 1 aromatic carbocycles. The van der Waals surface area contributed by atoms with Crippen LogP contribution in [0.25, 0.3) is 6.08 Å². The molecule has 0 unspecified atom stereocenters. The van der Waals surface area contributed by atoms with E-state index in [1.54, 1.807) is 6.08 Å². The van der Waals surface area contributed by atoms with Gasteiger partial charge < -0.3 is 10.1 Å². The van der Waals surface area contributed by atoms with Crippen molar-refractivity contribution in [3.63, 3.8) is 0 Å². The van der Waals surface area contributed by atoms with Crippen molar-refractivity contribution in [1.29, 1.82) is 0 Å². The number of hydrogen-bond acceptors (Lipinski definition) is 2. The number of rotatable bonds is 6. The Morgan fingerprint density at radius 3 is 2.81 bits per heavy atom. The molecule has 0 heterocycles.